The van der Waals surface area contributed by atoms with E-state index in [1.165, 1.54) is 0 Å². The molecule has 0 aliphatic rings. The molecular formula is C27H28BrClN2O3. The lowest BCUT2D eigenvalue weighted by atomic mass is 10.0. The van der Waals surface area contributed by atoms with Gasteiger partial charge in [0.05, 0.1) is 0 Å². The van der Waals surface area contributed by atoms with E-state index in [0.717, 1.165) is 15.6 Å². The van der Waals surface area contributed by atoms with Crippen LogP contribution in [0, 0.1) is 0 Å². The maximum Gasteiger partial charge on any atom is 0.261 e. The summed E-state index contributed by atoms with van der Waals surface area (Å²) in [5.41, 5.74) is 1.88. The van der Waals surface area contributed by atoms with Gasteiger partial charge in [-0.05, 0) is 55.3 Å². The van der Waals surface area contributed by atoms with Crippen LogP contribution >= 0.6 is 27.5 Å². The maximum atomic E-state index is 13.5. The molecule has 3 aromatic carbocycles. The van der Waals surface area contributed by atoms with Crippen LogP contribution in [0.2, 0.25) is 5.02 Å². The van der Waals surface area contributed by atoms with Crippen molar-refractivity contribution in [2.75, 3.05) is 6.61 Å². The second-order valence-electron chi connectivity index (χ2n) is 8.26. The van der Waals surface area contributed by atoms with Crippen molar-refractivity contribution >= 4 is 39.3 Å². The molecule has 5 nitrogen and oxygen atoms in total. The molecule has 0 unspecified atom stereocenters. The number of ether oxygens (including phenoxy) is 1. The number of benzene rings is 3. The Balaban J connectivity index is 1.90. The van der Waals surface area contributed by atoms with E-state index in [-0.39, 0.29) is 31.0 Å². The lowest BCUT2D eigenvalue weighted by Crippen LogP contribution is -2.52. The summed E-state index contributed by atoms with van der Waals surface area (Å²) in [6.07, 6.45) is 0.388. The first-order chi connectivity index (χ1) is 16.3. The highest BCUT2D eigenvalue weighted by atomic mass is 79.9. The van der Waals surface area contributed by atoms with Crippen molar-refractivity contribution in [2.24, 2.45) is 0 Å². The van der Waals surface area contributed by atoms with Gasteiger partial charge in [-0.25, -0.2) is 0 Å². The molecule has 0 aromatic heterocycles. The number of carbonyl (C=O) groups excluding carboxylic acids is 2. The van der Waals surface area contributed by atoms with Crippen molar-refractivity contribution in [3.8, 4) is 5.75 Å². The van der Waals surface area contributed by atoms with Gasteiger partial charge in [0.15, 0.2) is 6.61 Å². The van der Waals surface area contributed by atoms with Crippen LogP contribution in [0.4, 0.5) is 0 Å². The second-order valence-corrected chi connectivity index (χ2v) is 9.62. The van der Waals surface area contributed by atoms with Crippen molar-refractivity contribution in [3.63, 3.8) is 0 Å². The maximum absolute atomic E-state index is 13.5. The molecule has 7 heteroatoms. The zero-order chi connectivity index (χ0) is 24.5. The van der Waals surface area contributed by atoms with E-state index < -0.39 is 6.04 Å². The van der Waals surface area contributed by atoms with Crippen molar-refractivity contribution in [1.82, 2.24) is 10.2 Å². The monoisotopic (exact) mass is 542 g/mol. The standard InChI is InChI=1S/C27H28BrClN2O3/c1-19(2)30-27(33)25(15-20-7-4-3-5-8-20)31(17-21-11-13-22(28)14-12-21)26(32)18-34-24-10-6-9-23(29)16-24/h3-14,16,19,25H,15,17-18H2,1-2H3,(H,30,33)/t25-/m1/s1. The zero-order valence-corrected chi connectivity index (χ0v) is 21.6. The van der Waals surface area contributed by atoms with Gasteiger partial charge in [-0.3, -0.25) is 9.59 Å². The molecule has 1 N–H and O–H groups in total. The first-order valence-corrected chi connectivity index (χ1v) is 12.3. The predicted molar refractivity (Wildman–Crippen MR) is 139 cm³/mol. The summed E-state index contributed by atoms with van der Waals surface area (Å²) in [6.45, 7) is 3.87. The number of amides is 2. The van der Waals surface area contributed by atoms with Gasteiger partial charge in [0.2, 0.25) is 5.91 Å². The van der Waals surface area contributed by atoms with Crippen LogP contribution in [-0.2, 0) is 22.6 Å². The van der Waals surface area contributed by atoms with Gasteiger partial charge in [0.1, 0.15) is 11.8 Å². The van der Waals surface area contributed by atoms with Crippen molar-refractivity contribution in [1.29, 1.82) is 0 Å². The minimum Gasteiger partial charge on any atom is -0.484 e. The third-order valence-corrected chi connectivity index (χ3v) is 5.89. The van der Waals surface area contributed by atoms with Crippen LogP contribution in [-0.4, -0.2) is 35.4 Å². The normalized spacial score (nSPS) is 11.7. The van der Waals surface area contributed by atoms with Crippen LogP contribution < -0.4 is 10.1 Å². The fourth-order valence-electron chi connectivity index (χ4n) is 3.51. The van der Waals surface area contributed by atoms with Crippen LogP contribution in [0.5, 0.6) is 5.75 Å². The predicted octanol–water partition coefficient (Wildman–Crippen LogP) is 5.65. The average Bonchev–Trinajstić information content (AvgIpc) is 2.81. The Kier molecular flexibility index (Phi) is 9.54. The van der Waals surface area contributed by atoms with E-state index >= 15 is 0 Å². The topological polar surface area (TPSA) is 58.6 Å². The Morgan fingerprint density at radius 1 is 0.971 bits per heavy atom. The summed E-state index contributed by atoms with van der Waals surface area (Å²) in [4.78, 5) is 28.4. The molecule has 0 saturated carbocycles. The Morgan fingerprint density at radius 3 is 2.32 bits per heavy atom. The summed E-state index contributed by atoms with van der Waals surface area (Å²) < 4.78 is 6.67. The van der Waals surface area contributed by atoms with Crippen molar-refractivity contribution in [3.05, 3.63) is 99.5 Å². The van der Waals surface area contributed by atoms with Crippen LogP contribution in [0.25, 0.3) is 0 Å². The molecule has 34 heavy (non-hydrogen) atoms. The molecule has 0 aliphatic carbocycles. The Labute approximate surface area is 214 Å². The largest absolute Gasteiger partial charge is 0.484 e. The third-order valence-electron chi connectivity index (χ3n) is 5.13. The Hall–Kier alpha value is -2.83. The van der Waals surface area contributed by atoms with E-state index in [4.69, 9.17) is 16.3 Å². The lowest BCUT2D eigenvalue weighted by Gasteiger charge is -2.32. The molecule has 0 bridgehead atoms. The van der Waals surface area contributed by atoms with Gasteiger partial charge >= 0.3 is 0 Å². The highest BCUT2D eigenvalue weighted by Crippen LogP contribution is 2.20. The quantitative estimate of drug-likeness (QED) is 0.360. The van der Waals surface area contributed by atoms with Gasteiger partial charge in [-0.2, -0.15) is 0 Å². The molecule has 0 saturated heterocycles. The number of carbonyl (C=O) groups is 2. The van der Waals surface area contributed by atoms with E-state index in [0.29, 0.717) is 17.2 Å². The van der Waals surface area contributed by atoms with Crippen LogP contribution in [0.15, 0.2) is 83.3 Å². The molecule has 0 heterocycles. The number of nitrogens with zero attached hydrogens (tertiary/aromatic N) is 1. The highest BCUT2D eigenvalue weighted by Gasteiger charge is 2.31. The van der Waals surface area contributed by atoms with Gasteiger partial charge in [0.25, 0.3) is 5.91 Å². The minimum absolute atomic E-state index is 0.0573. The highest BCUT2D eigenvalue weighted by molar-refractivity contribution is 9.10. The number of hydrogen-bond donors (Lipinski definition) is 1. The Morgan fingerprint density at radius 2 is 1.68 bits per heavy atom. The second kappa shape index (κ2) is 12.6. The van der Waals surface area contributed by atoms with Crippen molar-refractivity contribution in [2.45, 2.75) is 38.9 Å². The molecule has 178 valence electrons. The van der Waals surface area contributed by atoms with Gasteiger partial charge in [-0.15, -0.1) is 0 Å². The molecule has 1 atom stereocenters. The third kappa shape index (κ3) is 7.89. The van der Waals surface area contributed by atoms with Crippen molar-refractivity contribution < 1.29 is 14.3 Å². The minimum atomic E-state index is -0.705. The van der Waals surface area contributed by atoms with E-state index in [1.807, 2.05) is 68.4 Å². The van der Waals surface area contributed by atoms with E-state index in [9.17, 15) is 9.59 Å². The SMILES string of the molecule is CC(C)NC(=O)[C@@H](Cc1ccccc1)N(Cc1ccc(Br)cc1)C(=O)COc1cccc(Cl)c1. The molecule has 0 radical (unpaired) electrons. The number of rotatable bonds is 10. The zero-order valence-electron chi connectivity index (χ0n) is 19.2. The van der Waals surface area contributed by atoms with Gasteiger partial charge in [0, 0.05) is 28.5 Å². The molecule has 2 amide bonds. The number of hydrogen-bond acceptors (Lipinski definition) is 3. The van der Waals surface area contributed by atoms with Crippen LogP contribution in [0.3, 0.4) is 0 Å². The van der Waals surface area contributed by atoms with Gasteiger partial charge < -0.3 is 15.0 Å². The Bertz CT molecular complexity index is 1090. The molecule has 3 rings (SSSR count). The molecule has 3 aromatic rings. The molecule has 0 aliphatic heterocycles. The fraction of sp³-hybridized carbons (Fsp3) is 0.259. The van der Waals surface area contributed by atoms with E-state index in [1.54, 1.807) is 29.2 Å². The first-order valence-electron chi connectivity index (χ1n) is 11.1. The molecular weight excluding hydrogens is 516 g/mol. The van der Waals surface area contributed by atoms with E-state index in [2.05, 4.69) is 21.2 Å². The number of halogens is 2. The fourth-order valence-corrected chi connectivity index (χ4v) is 3.95. The first kappa shape index (κ1) is 25.8. The lowest BCUT2D eigenvalue weighted by molar-refractivity contribution is -0.143. The molecule has 0 fully saturated rings. The average molecular weight is 544 g/mol. The van der Waals surface area contributed by atoms with Crippen LogP contribution in [0.1, 0.15) is 25.0 Å². The number of nitrogens with one attached hydrogen (secondary N) is 1. The summed E-state index contributed by atoms with van der Waals surface area (Å²) >= 11 is 9.49. The summed E-state index contributed by atoms with van der Waals surface area (Å²) in [5.74, 6) is 0.00508. The smallest absolute Gasteiger partial charge is 0.261 e. The molecule has 0 spiro atoms. The summed E-state index contributed by atoms with van der Waals surface area (Å²) in [6, 6.07) is 23.5. The summed E-state index contributed by atoms with van der Waals surface area (Å²) in [5, 5.41) is 3.50. The summed E-state index contributed by atoms with van der Waals surface area (Å²) in [7, 11) is 0. The van der Waals surface area contributed by atoms with Gasteiger partial charge in [-0.1, -0.05) is 76.1 Å².